The van der Waals surface area contributed by atoms with Gasteiger partial charge in [-0.2, -0.15) is 0 Å². The Morgan fingerprint density at radius 3 is 3.00 bits per heavy atom. The van der Waals surface area contributed by atoms with Gasteiger partial charge in [0.05, 0.1) is 0 Å². The van der Waals surface area contributed by atoms with Crippen LogP contribution in [0.15, 0.2) is 0 Å². The van der Waals surface area contributed by atoms with E-state index in [2.05, 4.69) is 0 Å². The largest absolute Gasteiger partial charge is 0.396 e. The Kier molecular flexibility index (Phi) is 2.88. The highest BCUT2D eigenvalue weighted by Gasteiger charge is 2.25. The predicted octanol–water partition coefficient (Wildman–Crippen LogP) is 0.380. The summed E-state index contributed by atoms with van der Waals surface area (Å²) in [4.78, 5) is 12.8. The molecule has 1 N–H and O–H groups in total. The number of aliphatic hydroxyl groups is 1. The molecule has 1 rings (SSSR count). The molecule has 0 aromatic heterocycles. The van der Waals surface area contributed by atoms with Gasteiger partial charge in [0, 0.05) is 26.1 Å². The van der Waals surface area contributed by atoms with Gasteiger partial charge >= 0.3 is 0 Å². The van der Waals surface area contributed by atoms with Crippen molar-refractivity contribution >= 4 is 5.91 Å². The van der Waals surface area contributed by atoms with Gasteiger partial charge in [-0.25, -0.2) is 0 Å². The van der Waals surface area contributed by atoms with Crippen LogP contribution in [0.25, 0.3) is 0 Å². The van der Waals surface area contributed by atoms with Gasteiger partial charge in [-0.15, -0.1) is 0 Å². The average Bonchev–Trinajstić information content (AvgIpc) is 2.36. The van der Waals surface area contributed by atoms with Crippen LogP contribution in [0.3, 0.4) is 0 Å². The monoisotopic (exact) mass is 157 g/mol. The Bertz CT molecular complexity index is 147. The van der Waals surface area contributed by atoms with Gasteiger partial charge in [-0.05, 0) is 19.3 Å². The summed E-state index contributed by atoms with van der Waals surface area (Å²) >= 11 is 0. The molecule has 1 atom stereocenters. The first-order chi connectivity index (χ1) is 5.25. The Labute approximate surface area is 67.0 Å². The van der Waals surface area contributed by atoms with Gasteiger partial charge in [-0.3, -0.25) is 4.79 Å². The third kappa shape index (κ3) is 1.93. The van der Waals surface area contributed by atoms with Crippen LogP contribution in [-0.4, -0.2) is 35.1 Å². The van der Waals surface area contributed by atoms with Crippen molar-refractivity contribution in [3.05, 3.63) is 0 Å². The fourth-order valence-electron chi connectivity index (χ4n) is 1.70. The molecule has 0 unspecified atom stereocenters. The molecule has 64 valence electrons. The SMILES string of the molecule is CC(=O)N1CCC[C@@H]1CCO. The Hall–Kier alpha value is -0.570. The molecule has 1 fully saturated rings. The van der Waals surface area contributed by atoms with Gasteiger partial charge in [0.2, 0.25) is 5.91 Å². The van der Waals surface area contributed by atoms with E-state index >= 15 is 0 Å². The molecule has 0 aliphatic carbocycles. The lowest BCUT2D eigenvalue weighted by molar-refractivity contribution is -0.129. The zero-order valence-electron chi connectivity index (χ0n) is 6.92. The lowest BCUT2D eigenvalue weighted by atomic mass is 10.1. The van der Waals surface area contributed by atoms with E-state index in [1.54, 1.807) is 6.92 Å². The summed E-state index contributed by atoms with van der Waals surface area (Å²) in [6.07, 6.45) is 2.88. The van der Waals surface area contributed by atoms with E-state index in [1.165, 1.54) is 0 Å². The molecule has 11 heavy (non-hydrogen) atoms. The number of aliphatic hydroxyl groups excluding tert-OH is 1. The molecule has 1 aliphatic rings. The highest BCUT2D eigenvalue weighted by Crippen LogP contribution is 2.19. The second kappa shape index (κ2) is 3.72. The van der Waals surface area contributed by atoms with Crippen LogP contribution in [0, 0.1) is 0 Å². The molecule has 0 bridgehead atoms. The van der Waals surface area contributed by atoms with Crippen molar-refractivity contribution in [3.8, 4) is 0 Å². The zero-order chi connectivity index (χ0) is 8.27. The van der Waals surface area contributed by atoms with Gasteiger partial charge in [-0.1, -0.05) is 0 Å². The van der Waals surface area contributed by atoms with Gasteiger partial charge in [0.1, 0.15) is 0 Å². The highest BCUT2D eigenvalue weighted by molar-refractivity contribution is 5.73. The van der Waals surface area contributed by atoms with E-state index in [1.807, 2.05) is 4.90 Å². The van der Waals surface area contributed by atoms with Gasteiger partial charge in [0.15, 0.2) is 0 Å². The fourth-order valence-corrected chi connectivity index (χ4v) is 1.70. The molecule has 1 saturated heterocycles. The zero-order valence-corrected chi connectivity index (χ0v) is 6.92. The van der Waals surface area contributed by atoms with Crippen LogP contribution in [-0.2, 0) is 4.79 Å². The molecule has 1 aliphatic heterocycles. The van der Waals surface area contributed by atoms with Crippen LogP contribution in [0.4, 0.5) is 0 Å². The topological polar surface area (TPSA) is 40.5 Å². The first kappa shape index (κ1) is 8.53. The number of hydrogen-bond acceptors (Lipinski definition) is 2. The minimum Gasteiger partial charge on any atom is -0.396 e. The lowest BCUT2D eigenvalue weighted by Gasteiger charge is -2.22. The van der Waals surface area contributed by atoms with Crippen molar-refractivity contribution < 1.29 is 9.90 Å². The maximum atomic E-state index is 11.0. The summed E-state index contributed by atoms with van der Waals surface area (Å²) in [5.41, 5.74) is 0. The smallest absolute Gasteiger partial charge is 0.219 e. The first-order valence-corrected chi connectivity index (χ1v) is 4.13. The third-order valence-corrected chi connectivity index (χ3v) is 2.24. The van der Waals surface area contributed by atoms with Crippen LogP contribution in [0.1, 0.15) is 26.2 Å². The van der Waals surface area contributed by atoms with E-state index in [0.717, 1.165) is 25.8 Å². The Morgan fingerprint density at radius 2 is 2.45 bits per heavy atom. The summed E-state index contributed by atoms with van der Waals surface area (Å²) in [6, 6.07) is 0.303. The van der Waals surface area contributed by atoms with Crippen molar-refractivity contribution in [1.82, 2.24) is 4.90 Å². The van der Waals surface area contributed by atoms with E-state index in [-0.39, 0.29) is 12.5 Å². The molecule has 0 spiro atoms. The second-order valence-electron chi connectivity index (χ2n) is 3.02. The van der Waals surface area contributed by atoms with Crippen LogP contribution in [0.2, 0.25) is 0 Å². The summed E-state index contributed by atoms with van der Waals surface area (Å²) in [7, 11) is 0. The maximum absolute atomic E-state index is 11.0. The Morgan fingerprint density at radius 1 is 1.73 bits per heavy atom. The number of hydrogen-bond donors (Lipinski definition) is 1. The highest BCUT2D eigenvalue weighted by atomic mass is 16.3. The summed E-state index contributed by atoms with van der Waals surface area (Å²) in [6.45, 7) is 2.66. The van der Waals surface area contributed by atoms with E-state index in [9.17, 15) is 4.79 Å². The molecule has 0 aromatic carbocycles. The molecule has 1 heterocycles. The summed E-state index contributed by atoms with van der Waals surface area (Å²) < 4.78 is 0. The Balaban J connectivity index is 2.44. The number of amides is 1. The molecular weight excluding hydrogens is 142 g/mol. The number of nitrogens with zero attached hydrogens (tertiary/aromatic N) is 1. The number of rotatable bonds is 2. The van der Waals surface area contributed by atoms with Crippen molar-refractivity contribution in [1.29, 1.82) is 0 Å². The van der Waals surface area contributed by atoms with Gasteiger partial charge in [0.25, 0.3) is 0 Å². The van der Waals surface area contributed by atoms with Crippen LogP contribution < -0.4 is 0 Å². The lowest BCUT2D eigenvalue weighted by Crippen LogP contribution is -2.34. The molecule has 1 amide bonds. The average molecular weight is 157 g/mol. The van der Waals surface area contributed by atoms with Gasteiger partial charge < -0.3 is 10.0 Å². The van der Waals surface area contributed by atoms with E-state index in [4.69, 9.17) is 5.11 Å². The summed E-state index contributed by atoms with van der Waals surface area (Å²) in [5.74, 6) is 0.140. The predicted molar refractivity (Wildman–Crippen MR) is 42.1 cm³/mol. The molecule has 3 heteroatoms. The van der Waals surface area contributed by atoms with E-state index in [0.29, 0.717) is 6.04 Å². The normalized spacial score (nSPS) is 24.2. The number of carbonyl (C=O) groups is 1. The minimum absolute atomic E-state index is 0.140. The van der Waals surface area contributed by atoms with Crippen LogP contribution >= 0.6 is 0 Å². The third-order valence-electron chi connectivity index (χ3n) is 2.24. The maximum Gasteiger partial charge on any atom is 0.219 e. The quantitative estimate of drug-likeness (QED) is 0.629. The molecule has 0 saturated carbocycles. The number of carbonyl (C=O) groups excluding carboxylic acids is 1. The molecule has 0 aromatic rings. The van der Waals surface area contributed by atoms with Crippen molar-refractivity contribution in [3.63, 3.8) is 0 Å². The van der Waals surface area contributed by atoms with E-state index < -0.39 is 0 Å². The van der Waals surface area contributed by atoms with Crippen molar-refractivity contribution in [2.75, 3.05) is 13.2 Å². The molecule has 0 radical (unpaired) electrons. The van der Waals surface area contributed by atoms with Crippen molar-refractivity contribution in [2.45, 2.75) is 32.2 Å². The summed E-state index contributed by atoms with van der Waals surface area (Å²) in [5, 5.41) is 8.69. The standard InChI is InChI=1S/C8H15NO2/c1-7(11)9-5-2-3-8(9)4-6-10/h8,10H,2-6H2,1H3/t8-/m1/s1. The first-order valence-electron chi connectivity index (χ1n) is 4.13. The second-order valence-corrected chi connectivity index (χ2v) is 3.02. The molecular formula is C8H15NO2. The van der Waals surface area contributed by atoms with Crippen LogP contribution in [0.5, 0.6) is 0 Å². The molecule has 3 nitrogen and oxygen atoms in total. The van der Waals surface area contributed by atoms with Crippen molar-refractivity contribution in [2.24, 2.45) is 0 Å². The minimum atomic E-state index is 0.140. The number of likely N-dealkylation sites (tertiary alicyclic amines) is 1. The fraction of sp³-hybridized carbons (Fsp3) is 0.875.